The summed E-state index contributed by atoms with van der Waals surface area (Å²) in [6.07, 6.45) is -5.29. The third-order valence-electron chi connectivity index (χ3n) is 21.2. The van der Waals surface area contributed by atoms with Gasteiger partial charge < -0.3 is 110 Å². The molecule has 12 atom stereocenters. The van der Waals surface area contributed by atoms with Crippen molar-refractivity contribution in [2.45, 2.75) is 178 Å². The summed E-state index contributed by atoms with van der Waals surface area (Å²) in [7, 11) is 1.55. The van der Waals surface area contributed by atoms with Gasteiger partial charge in [0.2, 0.25) is 89.6 Å². The molecule has 43 heteroatoms. The number of likely N-dealkylation sites (tertiary alicyclic amines) is 1. The number of carbonyl (C=O) groups excluding carboxylic acids is 15. The van der Waals surface area contributed by atoms with Gasteiger partial charge in [0.1, 0.15) is 66.1 Å². The Kier molecular flexibility index (Phi) is 44.6. The number of hydrogen-bond donors (Lipinski definition) is 21. The molecular weight excluding hydrogens is 1750 g/mol. The first-order chi connectivity index (χ1) is 63.1. The molecule has 15 amide bonds. The number of aliphatic carboxylic acids is 2. The molecule has 0 bridgehead atoms. The number of carboxylic acids is 2. The van der Waals surface area contributed by atoms with Crippen LogP contribution in [0.2, 0.25) is 0 Å². The van der Waals surface area contributed by atoms with Crippen molar-refractivity contribution < 1.29 is 112 Å². The topological polar surface area (TPSA) is 602 Å². The van der Waals surface area contributed by atoms with Crippen LogP contribution in [0, 0.1) is 5.92 Å². The van der Waals surface area contributed by atoms with Crippen molar-refractivity contribution in [3.05, 3.63) is 155 Å². The van der Waals surface area contributed by atoms with E-state index in [1.807, 2.05) is 42.2 Å². The number of phenolic OH excluding ortho intramolecular Hbond substituents is 2. The van der Waals surface area contributed by atoms with Crippen molar-refractivity contribution in [2.75, 3.05) is 83.5 Å². The van der Waals surface area contributed by atoms with E-state index < -0.39 is 187 Å². The van der Waals surface area contributed by atoms with Gasteiger partial charge in [0.05, 0.1) is 50.7 Å². The van der Waals surface area contributed by atoms with E-state index in [0.717, 1.165) is 46.1 Å². The van der Waals surface area contributed by atoms with Crippen molar-refractivity contribution in [3.8, 4) is 22.6 Å². The van der Waals surface area contributed by atoms with Gasteiger partial charge in [-0.3, -0.25) is 96.6 Å². The number of aliphatic hydroxyl groups excluding tert-OH is 2. The van der Waals surface area contributed by atoms with Gasteiger partial charge in [0, 0.05) is 90.2 Å². The molecule has 2 saturated heterocycles. The number of aromatic hydroxyl groups is 2. The second kappa shape index (κ2) is 55.4. The molecule has 0 radical (unpaired) electrons. The minimum Gasteiger partial charge on any atom is -0.508 e. The highest BCUT2D eigenvalue weighted by molar-refractivity contribution is 8.76. The van der Waals surface area contributed by atoms with Crippen molar-refractivity contribution >= 4 is 123 Å². The molecule has 2 heterocycles. The second-order valence-electron chi connectivity index (χ2n) is 32.3. The molecule has 0 saturated carbocycles. The molecule has 0 spiro atoms. The summed E-state index contributed by atoms with van der Waals surface area (Å²) in [6.45, 7) is 8.62. The monoisotopic (exact) mass is 1870 g/mol. The normalized spacial score (nSPS) is 19.0. The molecule has 5 aromatic carbocycles. The maximum atomic E-state index is 15.3. The Morgan fingerprint density at radius 3 is 1.70 bits per heavy atom. The lowest BCUT2D eigenvalue weighted by atomic mass is 9.99. The molecule has 41 nitrogen and oxygen atoms in total. The standard InChI is InChI=1S/C89H120N18O23S2/c1-6-32-105(36-31-92-55(5)111)47-75(115)93-44-59-12-10-13-60(38-59)45-94-81(122)68(42-77(117)118)100-83(124)67(40-56-17-23-62(24-18-56)61-14-8-7-9-15-61)99-86(127)72-50-132-131-49-71(102-87(128)73-16-11-33-107(73)89(130)70(37-53(2)3)96-76(116)48-106(34-29-90-51-108)35-30-91-52-109)85(126)101-69(43-78(119)120)84(125)98-66(41-58-21-27-64(113)28-22-58)82(123)97-65(39-57-19-25-63(112)26-20-57)80(121)95-46-74(114)104-79(54(4)110)88(129)103-72/h7-10,12-15,17-28,38,51-54,65-73,79,86,99,110,112-113,127H,6,11,16,29-37,39-50H2,1-5H3,(H,90,108)(H,91,109)(H,92,111)(H,93,115)(H,94,122)(H,95,121)(H,96,116)(H,97,123)(H,98,125)(H,100,124)(H,101,126)(H,102,128)(H,103,129)(H,104,114)(H,117,118)(H,119,120)/t54?,65-,66-,67-,68-,69-,70-,71-,72-,73-,79-,86+/m0/s1. The summed E-state index contributed by atoms with van der Waals surface area (Å²) in [4.78, 5) is 239. The third-order valence-corrected chi connectivity index (χ3v) is 23.6. The van der Waals surface area contributed by atoms with E-state index in [-0.39, 0.29) is 126 Å². The number of nitrogens with zero attached hydrogens (tertiary/aromatic N) is 3. The summed E-state index contributed by atoms with van der Waals surface area (Å²) < 4.78 is 0. The number of amides is 15. The lowest BCUT2D eigenvalue weighted by Crippen LogP contribution is -2.62. The molecule has 21 N–H and O–H groups in total. The van der Waals surface area contributed by atoms with Crippen LogP contribution in [0.4, 0.5) is 0 Å². The van der Waals surface area contributed by atoms with Crippen LogP contribution in [0.3, 0.4) is 0 Å². The number of carboxylic acid groups (broad SMARTS) is 2. The molecule has 0 aromatic heterocycles. The number of rotatable bonds is 45. The highest BCUT2D eigenvalue weighted by atomic mass is 33.1. The zero-order valence-electron chi connectivity index (χ0n) is 74.0. The van der Waals surface area contributed by atoms with E-state index >= 15 is 14.4 Å². The molecule has 132 heavy (non-hydrogen) atoms. The fourth-order valence-corrected chi connectivity index (χ4v) is 16.8. The number of carbonyl (C=O) groups is 17. The van der Waals surface area contributed by atoms with Crippen LogP contribution in [0.1, 0.15) is 101 Å². The van der Waals surface area contributed by atoms with Crippen molar-refractivity contribution in [2.24, 2.45) is 5.92 Å². The Hall–Kier alpha value is -12.8. The fourth-order valence-electron chi connectivity index (χ4n) is 14.4. The van der Waals surface area contributed by atoms with E-state index in [2.05, 4.69) is 79.8 Å². The molecule has 5 aromatic rings. The number of nitrogens with one attached hydrogen (secondary N) is 15. The maximum absolute atomic E-state index is 15.3. The highest BCUT2D eigenvalue weighted by Gasteiger charge is 2.42. The zero-order valence-corrected chi connectivity index (χ0v) is 75.7. The van der Waals surface area contributed by atoms with Crippen LogP contribution < -0.4 is 79.8 Å². The summed E-state index contributed by atoms with van der Waals surface area (Å²) >= 11 is 0. The zero-order chi connectivity index (χ0) is 96.3. The van der Waals surface area contributed by atoms with Crippen molar-refractivity contribution in [3.63, 3.8) is 0 Å². The average molecular weight is 1870 g/mol. The van der Waals surface area contributed by atoms with Crippen LogP contribution >= 0.6 is 21.6 Å². The predicted octanol–water partition coefficient (Wildman–Crippen LogP) is -2.60. The van der Waals surface area contributed by atoms with Crippen LogP contribution in [0.15, 0.2) is 127 Å². The quantitative estimate of drug-likeness (QED) is 0.00822. The predicted molar refractivity (Wildman–Crippen MR) is 486 cm³/mol. The molecule has 2 aliphatic rings. The summed E-state index contributed by atoms with van der Waals surface area (Å²) in [6, 6.07) is 16.3. The summed E-state index contributed by atoms with van der Waals surface area (Å²) in [5, 5.41) is 104. The van der Waals surface area contributed by atoms with Crippen molar-refractivity contribution in [1.82, 2.24) is 94.5 Å². The first-order valence-electron chi connectivity index (χ1n) is 43.2. The molecule has 0 aliphatic carbocycles. The van der Waals surface area contributed by atoms with E-state index in [1.165, 1.54) is 60.4 Å². The SMILES string of the molecule is CCCN(CCNC(C)=O)CC(=O)NCc1cccc(CNC(=O)[C@H](CC(=O)O)NC(=O)[C@H](Cc2ccc(-c3ccccc3)cc2)N[C@H](O)[C@@H]2CSSC[C@H](NC(=O)[C@@H]3CCCN3C(=O)[C@H](CC(C)C)NC(=O)CN(CCNC=O)CCNC=O)C(=O)N[C@@H](CC(=O)O)C(=O)N[C@@H](Cc3ccc(O)cc3)C(=O)N[C@@H](Cc3ccc(O)cc3)C(=O)NCC(=O)N[C@@H](C(C)O)C(=O)N2)c1. The summed E-state index contributed by atoms with van der Waals surface area (Å²) in [5.74, 6) is -16.8. The van der Waals surface area contributed by atoms with Gasteiger partial charge in [-0.2, -0.15) is 0 Å². The van der Waals surface area contributed by atoms with E-state index in [9.17, 15) is 97.8 Å². The van der Waals surface area contributed by atoms with E-state index in [1.54, 1.807) is 67.3 Å². The molecule has 1 unspecified atom stereocenters. The van der Waals surface area contributed by atoms with Gasteiger partial charge in [-0.15, -0.1) is 0 Å². The average Bonchev–Trinajstić information content (AvgIpc) is 1.56. The van der Waals surface area contributed by atoms with Crippen LogP contribution in [-0.4, -0.2) is 303 Å². The molecule has 716 valence electrons. The lowest BCUT2D eigenvalue weighted by molar-refractivity contribution is -0.143. The number of aliphatic hydroxyl groups is 2. The van der Waals surface area contributed by atoms with E-state index in [4.69, 9.17) is 0 Å². The molecule has 7 rings (SSSR count). The van der Waals surface area contributed by atoms with Gasteiger partial charge in [0.15, 0.2) is 0 Å². The van der Waals surface area contributed by atoms with Crippen LogP contribution in [-0.2, 0) is 114 Å². The largest absolute Gasteiger partial charge is 0.508 e. The highest BCUT2D eigenvalue weighted by Crippen LogP contribution is 2.28. The number of hydrogen-bond acceptors (Lipinski definition) is 26. The Labute approximate surface area is 771 Å². The minimum atomic E-state index is -2.13. The Morgan fingerprint density at radius 1 is 0.561 bits per heavy atom. The van der Waals surface area contributed by atoms with Gasteiger partial charge in [-0.25, -0.2) is 0 Å². The minimum absolute atomic E-state index is 0.0146. The molecular formula is C89H120N18O23S2. The molecule has 2 fully saturated rings. The summed E-state index contributed by atoms with van der Waals surface area (Å²) in [5.41, 5.74) is 3.72. The van der Waals surface area contributed by atoms with Crippen LogP contribution in [0.25, 0.3) is 11.1 Å². The number of phenols is 2. The Morgan fingerprint density at radius 2 is 1.12 bits per heavy atom. The number of benzene rings is 5. The van der Waals surface area contributed by atoms with Crippen LogP contribution in [0.5, 0.6) is 11.5 Å². The van der Waals surface area contributed by atoms with E-state index in [0.29, 0.717) is 54.7 Å². The fraction of sp³-hybridized carbons (Fsp3) is 0.472. The Bertz CT molecular complexity index is 4700. The first-order valence-corrected chi connectivity index (χ1v) is 45.7. The Balaban J connectivity index is 1.26. The lowest BCUT2D eigenvalue weighted by Gasteiger charge is -2.31. The second-order valence-corrected chi connectivity index (χ2v) is 34.8. The van der Waals surface area contributed by atoms with Gasteiger partial charge in [-0.05, 0) is 115 Å². The van der Waals surface area contributed by atoms with Gasteiger partial charge in [0.25, 0.3) is 0 Å². The van der Waals surface area contributed by atoms with Gasteiger partial charge in [-0.1, -0.05) is 145 Å². The smallest absolute Gasteiger partial charge is 0.305 e. The first kappa shape index (κ1) is 106. The van der Waals surface area contributed by atoms with Gasteiger partial charge >= 0.3 is 11.9 Å². The molecule has 2 aliphatic heterocycles. The third kappa shape index (κ3) is 37.2. The van der Waals surface area contributed by atoms with Crippen molar-refractivity contribution in [1.29, 1.82) is 0 Å². The maximum Gasteiger partial charge on any atom is 0.305 e.